The summed E-state index contributed by atoms with van der Waals surface area (Å²) in [6.45, 7) is 10.1. The van der Waals surface area contributed by atoms with Crippen molar-refractivity contribution < 1.29 is 44.0 Å². The number of aliphatic hydroxyl groups is 1. The largest absolute Gasteiger partial charge is 0.396 e. The van der Waals surface area contributed by atoms with Crippen LogP contribution in [0.2, 0.25) is 0 Å². The number of aliphatic hydroxyl groups excluding tert-OH is 1. The molecule has 58 heavy (non-hydrogen) atoms. The number of carbonyl (C=O) groups is 1. The van der Waals surface area contributed by atoms with Gasteiger partial charge in [-0.15, -0.1) is 0 Å². The molecule has 4 aromatic rings. The average Bonchev–Trinajstić information content (AvgIpc) is 4.10. The molecular weight excluding hydrogens is 830 g/mol. The van der Waals surface area contributed by atoms with Crippen LogP contribution in [-0.4, -0.2) is 29.3 Å². The van der Waals surface area contributed by atoms with Gasteiger partial charge in [0.2, 0.25) is 0 Å². The van der Waals surface area contributed by atoms with Crippen LogP contribution in [0, 0.1) is 35.5 Å². The minimum absolute atomic E-state index is 0. The molecule has 2 nitrogen and oxygen atoms in total. The average molecular weight is 903 g/mol. The van der Waals surface area contributed by atoms with Crippen molar-refractivity contribution in [2.45, 2.75) is 129 Å². The Morgan fingerprint density at radius 1 is 0.483 bits per heavy atom. The van der Waals surface area contributed by atoms with Crippen molar-refractivity contribution in [2.75, 3.05) is 6.61 Å². The number of hydrogen-bond donors (Lipinski definition) is 1. The Labute approximate surface area is 377 Å². The number of carbonyl (C=O) groups excluding carboxylic acids is 1. The second kappa shape index (κ2) is 28.1. The Hall–Kier alpha value is -1.59. The molecule has 0 saturated heterocycles. The fourth-order valence-electron chi connectivity index (χ4n) is 9.84. The van der Waals surface area contributed by atoms with Gasteiger partial charge in [0, 0.05) is 46.7 Å². The minimum Gasteiger partial charge on any atom is -0.396 e. The zero-order valence-corrected chi connectivity index (χ0v) is 39.8. The molecule has 1 N–H and O–H groups in total. The third kappa shape index (κ3) is 15.4. The minimum atomic E-state index is -0.224. The fourth-order valence-corrected chi connectivity index (χ4v) is 16.6. The smallest absolute Gasteiger partial charge is 0.123 e. The molecule has 4 aliphatic carbocycles. The maximum Gasteiger partial charge on any atom is 0.123 e. The van der Waals surface area contributed by atoms with Gasteiger partial charge in [-0.3, -0.25) is 0 Å². The first-order valence-corrected chi connectivity index (χ1v) is 25.1. The molecule has 0 spiro atoms. The van der Waals surface area contributed by atoms with Crippen LogP contribution < -0.4 is 21.2 Å². The van der Waals surface area contributed by atoms with E-state index in [4.69, 9.17) is 5.11 Å². The van der Waals surface area contributed by atoms with E-state index in [2.05, 4.69) is 149 Å². The van der Waals surface area contributed by atoms with E-state index in [1.54, 1.807) is 21.2 Å². The van der Waals surface area contributed by atoms with E-state index in [-0.39, 0.29) is 50.0 Å². The van der Waals surface area contributed by atoms with Gasteiger partial charge in [-0.05, 0) is 129 Å². The zero-order valence-electron chi connectivity index (χ0n) is 35.8. The Bertz CT molecular complexity index is 1430. The van der Waals surface area contributed by atoms with E-state index in [0.717, 1.165) is 54.1 Å². The van der Waals surface area contributed by atoms with E-state index in [1.165, 1.54) is 77.0 Å². The number of aldehydes is 1. The predicted octanol–water partition coefficient (Wildman–Crippen LogP) is 12.4. The van der Waals surface area contributed by atoms with Crippen LogP contribution in [0.3, 0.4) is 0 Å². The van der Waals surface area contributed by atoms with Gasteiger partial charge in [-0.25, -0.2) is 0 Å². The maximum absolute atomic E-state index is 10.0. The molecule has 4 aliphatic rings. The topological polar surface area (TPSA) is 37.3 Å². The van der Waals surface area contributed by atoms with Crippen molar-refractivity contribution in [1.82, 2.24) is 0 Å². The quantitative estimate of drug-likeness (QED) is 0.0978. The van der Waals surface area contributed by atoms with Gasteiger partial charge in [-0.2, -0.15) is 0 Å². The second-order valence-corrected chi connectivity index (χ2v) is 22.3. The maximum atomic E-state index is 10.0. The van der Waals surface area contributed by atoms with Crippen molar-refractivity contribution >= 4 is 43.3 Å². The monoisotopic (exact) mass is 902 g/mol. The first-order valence-electron chi connectivity index (χ1n) is 22.3. The Morgan fingerprint density at radius 2 is 0.793 bits per heavy atom. The summed E-state index contributed by atoms with van der Waals surface area (Å²) in [6, 6.07) is 44.9. The van der Waals surface area contributed by atoms with Crippen LogP contribution in [0.1, 0.15) is 118 Å². The molecular formula is C52H72Fe2O2P2. The van der Waals surface area contributed by atoms with E-state index in [0.29, 0.717) is 18.4 Å². The normalized spacial score (nSPS) is 21.6. The number of rotatable bonds is 10. The third-order valence-corrected chi connectivity index (χ3v) is 18.9. The predicted molar refractivity (Wildman–Crippen MR) is 247 cm³/mol. The van der Waals surface area contributed by atoms with Crippen LogP contribution in [0.25, 0.3) is 0 Å². The molecule has 4 fully saturated rings. The van der Waals surface area contributed by atoms with Gasteiger partial charge in [0.05, 0.1) is 0 Å². The van der Waals surface area contributed by atoms with Crippen molar-refractivity contribution in [2.24, 2.45) is 35.5 Å². The molecule has 4 aromatic carbocycles. The molecule has 4 atom stereocenters. The van der Waals surface area contributed by atoms with Crippen LogP contribution in [0.15, 0.2) is 121 Å². The van der Waals surface area contributed by atoms with Crippen LogP contribution >= 0.6 is 15.8 Å². The van der Waals surface area contributed by atoms with Crippen molar-refractivity contribution in [3.63, 3.8) is 0 Å². The second-order valence-electron chi connectivity index (χ2n) is 17.4. The Balaban J connectivity index is 0.000000228. The fraction of sp³-hybridized carbons (Fsp3) is 0.519. The summed E-state index contributed by atoms with van der Waals surface area (Å²) in [5, 5.41) is 14.8. The summed E-state index contributed by atoms with van der Waals surface area (Å²) < 4.78 is 0. The van der Waals surface area contributed by atoms with Gasteiger partial charge >= 0.3 is 0 Å². The van der Waals surface area contributed by atoms with Gasteiger partial charge < -0.3 is 9.90 Å². The third-order valence-electron chi connectivity index (χ3n) is 12.9. The summed E-state index contributed by atoms with van der Waals surface area (Å²) in [7, 11) is -0.448. The van der Waals surface area contributed by atoms with Crippen LogP contribution in [-0.2, 0) is 38.9 Å². The first-order chi connectivity index (χ1) is 27.4. The van der Waals surface area contributed by atoms with Gasteiger partial charge in [-0.1, -0.05) is 188 Å². The summed E-state index contributed by atoms with van der Waals surface area (Å²) in [4.78, 5) is 10.0. The molecule has 8 rings (SSSR count). The first kappa shape index (κ1) is 50.8. The zero-order chi connectivity index (χ0) is 39.5. The van der Waals surface area contributed by atoms with Crippen LogP contribution in [0.4, 0.5) is 0 Å². The van der Waals surface area contributed by atoms with Crippen molar-refractivity contribution in [3.05, 3.63) is 121 Å². The van der Waals surface area contributed by atoms with E-state index >= 15 is 0 Å². The summed E-state index contributed by atoms with van der Waals surface area (Å²) in [5.74, 6) is 4.44. The molecule has 0 radical (unpaired) electrons. The van der Waals surface area contributed by atoms with Gasteiger partial charge in [0.25, 0.3) is 0 Å². The van der Waals surface area contributed by atoms with Crippen LogP contribution in [0.5, 0.6) is 0 Å². The Kier molecular flexibility index (Phi) is 24.6. The molecule has 0 heterocycles. The molecule has 4 saturated carbocycles. The molecule has 0 amide bonds. The van der Waals surface area contributed by atoms with Crippen molar-refractivity contribution in [1.29, 1.82) is 0 Å². The number of benzene rings is 4. The summed E-state index contributed by atoms with van der Waals surface area (Å²) in [6.07, 6.45) is 19.6. The molecule has 0 bridgehead atoms. The standard InChI is InChI=1S/2C20H25P.C6H12O.C6H10O.2Fe/c2*1-16(2)19-14-9-15-20(19)21(17-10-5-3-6-11-17)18-12-7-4-8-13-18;2*7-5-6-3-1-2-4-6;;/h2*3-8,10-13,16,19-20H,9,14-15H2,1-2H3;6-7H,1-5H2;5-6H,1-4H2;;. The molecule has 6 heteroatoms. The Morgan fingerprint density at radius 3 is 1.03 bits per heavy atom. The molecule has 318 valence electrons. The number of hydrogen-bond acceptors (Lipinski definition) is 2. The summed E-state index contributed by atoms with van der Waals surface area (Å²) >= 11 is 0. The molecule has 0 aliphatic heterocycles. The summed E-state index contributed by atoms with van der Waals surface area (Å²) in [5.41, 5.74) is 1.70. The molecule has 0 aromatic heterocycles. The van der Waals surface area contributed by atoms with Gasteiger partial charge in [0.15, 0.2) is 0 Å². The van der Waals surface area contributed by atoms with Gasteiger partial charge in [0.1, 0.15) is 6.29 Å². The van der Waals surface area contributed by atoms with E-state index in [1.807, 2.05) is 0 Å². The van der Waals surface area contributed by atoms with E-state index in [9.17, 15) is 4.79 Å². The SMILES string of the molecule is CC(C)C1CCCC1P(c1ccccc1)c1ccccc1.CC(C)C1CCCC1P(c1ccccc1)c1ccccc1.O=CC1CCCC1.OCC1CCCC1.[Fe].[Fe]. The van der Waals surface area contributed by atoms with E-state index < -0.39 is 0 Å². The molecule has 4 unspecified atom stereocenters. The van der Waals surface area contributed by atoms with Crippen molar-refractivity contribution in [3.8, 4) is 0 Å².